The summed E-state index contributed by atoms with van der Waals surface area (Å²) in [4.78, 5) is 24.9. The molecule has 3 saturated heterocycles. The molecule has 33 heavy (non-hydrogen) atoms. The number of halogens is 3. The Morgan fingerprint density at radius 3 is 2.58 bits per heavy atom. The van der Waals surface area contributed by atoms with Gasteiger partial charge < -0.3 is 14.8 Å². The number of nitrogens with one attached hydrogen (secondary N) is 1. The van der Waals surface area contributed by atoms with Crippen LogP contribution < -0.4 is 5.32 Å². The van der Waals surface area contributed by atoms with E-state index in [4.69, 9.17) is 19.2 Å². The predicted octanol–water partition coefficient (Wildman–Crippen LogP) is 4.84. The lowest BCUT2D eigenvalue weighted by atomic mass is 9.59. The minimum atomic E-state index is -4.40. The van der Waals surface area contributed by atoms with Crippen molar-refractivity contribution in [3.63, 3.8) is 0 Å². The van der Waals surface area contributed by atoms with Gasteiger partial charge in [-0.25, -0.2) is 9.78 Å². The van der Waals surface area contributed by atoms with Crippen LogP contribution in [0.5, 0.6) is 0 Å². The quantitative estimate of drug-likeness (QED) is 0.645. The SMILES string of the molecule is CC1=C(C(=O)NCc2ccc(C(F)(F)F)cc2)OC2OC3(C)CC[C@H]4[C@H](C)CC[C@@H]1[C@@]24OO3. The van der Waals surface area contributed by atoms with Crippen LogP contribution >= 0.6 is 0 Å². The third-order valence-corrected chi connectivity index (χ3v) is 7.76. The first-order chi connectivity index (χ1) is 15.5. The topological polar surface area (TPSA) is 66.0 Å². The van der Waals surface area contributed by atoms with Crippen molar-refractivity contribution < 1.29 is 37.2 Å². The largest absolute Gasteiger partial charge is 0.456 e. The normalized spacial score (nSPS) is 37.8. The first-order valence-corrected chi connectivity index (χ1v) is 11.4. The number of carbonyl (C=O) groups excluding carboxylic acids is 1. The lowest BCUT2D eigenvalue weighted by Crippen LogP contribution is -2.67. The molecule has 9 heteroatoms. The Kier molecular flexibility index (Phi) is 5.30. The maximum Gasteiger partial charge on any atom is 0.416 e. The van der Waals surface area contributed by atoms with Crippen molar-refractivity contribution in [2.45, 2.75) is 76.9 Å². The molecule has 0 aromatic heterocycles. The van der Waals surface area contributed by atoms with Crippen molar-refractivity contribution in [3.8, 4) is 0 Å². The molecule has 0 radical (unpaired) electrons. The molecule has 6 rings (SSSR count). The lowest BCUT2D eigenvalue weighted by Gasteiger charge is -2.57. The zero-order valence-electron chi connectivity index (χ0n) is 18.8. The van der Waals surface area contributed by atoms with Crippen molar-refractivity contribution in [1.29, 1.82) is 0 Å². The fourth-order valence-electron chi connectivity index (χ4n) is 5.92. The Labute approximate surface area is 190 Å². The molecule has 5 aliphatic rings. The van der Waals surface area contributed by atoms with Gasteiger partial charge in [-0.15, -0.1) is 0 Å². The highest BCUT2D eigenvalue weighted by Crippen LogP contribution is 2.60. The number of alkyl halides is 3. The summed E-state index contributed by atoms with van der Waals surface area (Å²) in [6, 6.07) is 4.72. The van der Waals surface area contributed by atoms with E-state index in [1.807, 2.05) is 13.8 Å². The number of amides is 1. The number of benzene rings is 1. The fraction of sp³-hybridized carbons (Fsp3) is 0.625. The van der Waals surface area contributed by atoms with Crippen LogP contribution in [0, 0.1) is 17.8 Å². The third-order valence-electron chi connectivity index (χ3n) is 7.76. The van der Waals surface area contributed by atoms with Crippen LogP contribution in [-0.4, -0.2) is 23.6 Å². The summed E-state index contributed by atoms with van der Waals surface area (Å²) in [6.07, 6.45) is -1.79. The van der Waals surface area contributed by atoms with E-state index in [1.165, 1.54) is 12.1 Å². The van der Waals surface area contributed by atoms with E-state index >= 15 is 0 Å². The van der Waals surface area contributed by atoms with E-state index in [0.717, 1.165) is 37.0 Å². The molecule has 2 unspecified atom stereocenters. The molecule has 180 valence electrons. The first-order valence-electron chi connectivity index (χ1n) is 11.4. The number of fused-ring (bicyclic) bond motifs is 2. The van der Waals surface area contributed by atoms with Crippen LogP contribution in [0.25, 0.3) is 0 Å². The summed E-state index contributed by atoms with van der Waals surface area (Å²) in [5, 5.41) is 2.77. The summed E-state index contributed by atoms with van der Waals surface area (Å²) in [7, 11) is 0. The van der Waals surface area contributed by atoms with Gasteiger partial charge in [0, 0.05) is 24.8 Å². The van der Waals surface area contributed by atoms with E-state index in [1.54, 1.807) is 0 Å². The smallest absolute Gasteiger partial charge is 0.416 e. The van der Waals surface area contributed by atoms with Crippen molar-refractivity contribution in [2.75, 3.05) is 0 Å². The van der Waals surface area contributed by atoms with E-state index in [-0.39, 0.29) is 24.1 Å². The fourth-order valence-corrected chi connectivity index (χ4v) is 5.92. The van der Waals surface area contributed by atoms with Crippen molar-refractivity contribution >= 4 is 5.91 Å². The van der Waals surface area contributed by atoms with Crippen molar-refractivity contribution in [2.24, 2.45) is 17.8 Å². The number of rotatable bonds is 3. The maximum absolute atomic E-state index is 13.1. The molecule has 4 heterocycles. The number of ether oxygens (including phenoxy) is 2. The van der Waals surface area contributed by atoms with E-state index in [0.29, 0.717) is 17.9 Å². The van der Waals surface area contributed by atoms with Gasteiger partial charge in [-0.05, 0) is 62.3 Å². The zero-order valence-corrected chi connectivity index (χ0v) is 18.8. The number of hydrogen-bond acceptors (Lipinski definition) is 5. The Balaban J connectivity index is 1.38. The Morgan fingerprint density at radius 1 is 1.15 bits per heavy atom. The minimum Gasteiger partial charge on any atom is -0.456 e. The second-order valence-electron chi connectivity index (χ2n) is 9.86. The highest BCUT2D eigenvalue weighted by atomic mass is 19.4. The summed E-state index contributed by atoms with van der Waals surface area (Å²) in [6.45, 7) is 5.98. The van der Waals surface area contributed by atoms with E-state index < -0.39 is 35.3 Å². The van der Waals surface area contributed by atoms with Crippen LogP contribution in [-0.2, 0) is 36.8 Å². The van der Waals surface area contributed by atoms with Crippen LogP contribution in [0.2, 0.25) is 0 Å². The molecular formula is C24H28F3NO5. The lowest BCUT2D eigenvalue weighted by molar-refractivity contribution is -0.555. The van der Waals surface area contributed by atoms with Gasteiger partial charge in [0.05, 0.1) is 5.56 Å². The molecular weight excluding hydrogens is 439 g/mol. The Morgan fingerprint density at radius 2 is 1.88 bits per heavy atom. The van der Waals surface area contributed by atoms with Crippen LogP contribution in [0.15, 0.2) is 35.6 Å². The second kappa shape index (κ2) is 7.71. The van der Waals surface area contributed by atoms with Gasteiger partial charge in [0.25, 0.3) is 5.91 Å². The van der Waals surface area contributed by atoms with Crippen LogP contribution in [0.3, 0.4) is 0 Å². The summed E-state index contributed by atoms with van der Waals surface area (Å²) >= 11 is 0. The predicted molar refractivity (Wildman–Crippen MR) is 110 cm³/mol. The molecule has 1 aromatic carbocycles. The highest BCUT2D eigenvalue weighted by Gasteiger charge is 2.68. The highest BCUT2D eigenvalue weighted by molar-refractivity contribution is 5.92. The maximum atomic E-state index is 13.1. The number of hydrogen-bond donors (Lipinski definition) is 1. The molecule has 1 aromatic rings. The molecule has 4 fully saturated rings. The van der Waals surface area contributed by atoms with Crippen molar-refractivity contribution in [1.82, 2.24) is 5.32 Å². The number of carbonyl (C=O) groups is 1. The zero-order chi connectivity index (χ0) is 23.6. The molecule has 4 aliphatic heterocycles. The van der Waals surface area contributed by atoms with Gasteiger partial charge in [0.15, 0.2) is 11.4 Å². The minimum absolute atomic E-state index is 0.0788. The van der Waals surface area contributed by atoms with E-state index in [9.17, 15) is 18.0 Å². The standard InChI is InChI=1S/C24H28F3NO5/c1-13-4-9-18-14(2)19(20(29)28-12-15-5-7-16(8-6-15)24(25,26)27)30-21-23(18)17(13)10-11-22(3,31-21)32-33-23/h5-8,13,17-18,21H,4,9-12H2,1-3H3,(H,28,29)/t13-,17+,18+,21?,22?,23-/m1/s1. The average molecular weight is 467 g/mol. The van der Waals surface area contributed by atoms with Gasteiger partial charge in [-0.1, -0.05) is 19.1 Å². The Hall–Kier alpha value is -2.10. The molecule has 1 amide bonds. The summed E-state index contributed by atoms with van der Waals surface area (Å²) in [5.74, 6) is -0.681. The monoisotopic (exact) mass is 467 g/mol. The average Bonchev–Trinajstić information content (AvgIpc) is 3.00. The molecule has 6 atom stereocenters. The van der Waals surface area contributed by atoms with E-state index in [2.05, 4.69) is 12.2 Å². The Bertz CT molecular complexity index is 977. The molecule has 1 aliphatic carbocycles. The summed E-state index contributed by atoms with van der Waals surface area (Å²) in [5.41, 5.74) is -0.183. The molecule has 2 bridgehead atoms. The third kappa shape index (κ3) is 3.65. The van der Waals surface area contributed by atoms with Crippen LogP contribution in [0.4, 0.5) is 13.2 Å². The van der Waals surface area contributed by atoms with Gasteiger partial charge >= 0.3 is 6.18 Å². The summed E-state index contributed by atoms with van der Waals surface area (Å²) < 4.78 is 50.7. The molecule has 1 N–H and O–H groups in total. The first kappa shape index (κ1) is 22.7. The van der Waals surface area contributed by atoms with Crippen LogP contribution in [0.1, 0.15) is 57.6 Å². The molecule has 1 saturated carbocycles. The molecule has 1 spiro atoms. The second-order valence-corrected chi connectivity index (χ2v) is 9.86. The van der Waals surface area contributed by atoms with Gasteiger partial charge in [0.2, 0.25) is 12.1 Å². The van der Waals surface area contributed by atoms with Gasteiger partial charge in [-0.3, -0.25) is 4.79 Å². The van der Waals surface area contributed by atoms with Gasteiger partial charge in [0.1, 0.15) is 0 Å². The molecule has 6 nitrogen and oxygen atoms in total. The van der Waals surface area contributed by atoms with Crippen molar-refractivity contribution in [3.05, 3.63) is 46.7 Å². The van der Waals surface area contributed by atoms with Gasteiger partial charge in [-0.2, -0.15) is 13.2 Å².